The van der Waals surface area contributed by atoms with Crippen LogP contribution in [0, 0.1) is 0 Å². The summed E-state index contributed by atoms with van der Waals surface area (Å²) in [6, 6.07) is 11.7. The Morgan fingerprint density at radius 1 is 1.07 bits per heavy atom. The van der Waals surface area contributed by atoms with Crippen LogP contribution in [0.3, 0.4) is 0 Å². The van der Waals surface area contributed by atoms with Crippen molar-refractivity contribution in [3.8, 4) is 0 Å². The van der Waals surface area contributed by atoms with Crippen LogP contribution < -0.4 is 50.8 Å². The van der Waals surface area contributed by atoms with Crippen LogP contribution in [0.1, 0.15) is 25.6 Å². The number of benzene rings is 2. The van der Waals surface area contributed by atoms with Gasteiger partial charge in [-0.2, -0.15) is 0 Å². The van der Waals surface area contributed by atoms with Crippen molar-refractivity contribution < 1.29 is 46.9 Å². The fourth-order valence-corrected chi connectivity index (χ4v) is 4.45. The van der Waals surface area contributed by atoms with Gasteiger partial charge in [-0.15, -0.1) is 0 Å². The van der Waals surface area contributed by atoms with Gasteiger partial charge in [-0.25, -0.2) is 13.2 Å². The van der Waals surface area contributed by atoms with Crippen LogP contribution in [0.5, 0.6) is 0 Å². The van der Waals surface area contributed by atoms with Gasteiger partial charge in [0.25, 0.3) is 0 Å². The Morgan fingerprint density at radius 2 is 1.67 bits per heavy atom. The van der Waals surface area contributed by atoms with Gasteiger partial charge >= 0.3 is 35.2 Å². The van der Waals surface area contributed by atoms with E-state index in [1.165, 1.54) is 6.07 Å². The average Bonchev–Trinajstić information content (AvgIpc) is 3.10. The van der Waals surface area contributed by atoms with E-state index < -0.39 is 26.8 Å². The molecule has 0 unspecified atom stereocenters. The third-order valence-electron chi connectivity index (χ3n) is 4.92. The van der Waals surface area contributed by atoms with Crippen LogP contribution in [0.15, 0.2) is 66.6 Å². The quantitative estimate of drug-likeness (QED) is 0.274. The van der Waals surface area contributed by atoms with Crippen molar-refractivity contribution >= 4 is 26.8 Å². The summed E-state index contributed by atoms with van der Waals surface area (Å²) in [5, 5.41) is 1.08. The molecule has 30 heavy (non-hydrogen) atoms. The zero-order valence-corrected chi connectivity index (χ0v) is 19.6. The van der Waals surface area contributed by atoms with E-state index in [-0.39, 0.29) is 46.1 Å². The van der Waals surface area contributed by atoms with E-state index in [0.29, 0.717) is 10.7 Å². The Morgan fingerprint density at radius 3 is 2.20 bits per heavy atom. The number of rotatable bonds is 5. The minimum absolute atomic E-state index is 0. The molecule has 0 spiro atoms. The van der Waals surface area contributed by atoms with Gasteiger partial charge < -0.3 is 13.9 Å². The van der Waals surface area contributed by atoms with Crippen molar-refractivity contribution in [1.82, 2.24) is 0 Å². The summed E-state index contributed by atoms with van der Waals surface area (Å²) in [7, 11) is -5.00. The van der Waals surface area contributed by atoms with Crippen LogP contribution in [0.25, 0.3) is 11.0 Å². The van der Waals surface area contributed by atoms with Crippen molar-refractivity contribution in [3.05, 3.63) is 69.2 Å². The normalized spacial score (nSPS) is 13.3. The molecule has 3 aromatic rings. The van der Waals surface area contributed by atoms with Crippen LogP contribution in [-0.2, 0) is 10.1 Å². The minimum atomic E-state index is -5.00. The second-order valence-corrected chi connectivity index (χ2v) is 7.88. The van der Waals surface area contributed by atoms with E-state index in [1.807, 2.05) is 18.7 Å². The molecule has 1 aromatic heterocycles. The number of nitrogens with zero attached hydrogens (tertiary/aromatic N) is 3. The topological polar surface area (TPSA) is 115 Å². The first-order valence-corrected chi connectivity index (χ1v) is 10.6. The van der Waals surface area contributed by atoms with Gasteiger partial charge in [0, 0.05) is 30.2 Å². The Balaban J connectivity index is 0.00000256. The van der Waals surface area contributed by atoms with Gasteiger partial charge in [-0.3, -0.25) is 9.98 Å². The van der Waals surface area contributed by atoms with Crippen LogP contribution in [0.4, 0.5) is 5.69 Å². The first kappa shape index (κ1) is 22.6. The second kappa shape index (κ2) is 8.60. The summed E-state index contributed by atoms with van der Waals surface area (Å²) in [5.74, 6) is 0. The van der Waals surface area contributed by atoms with Crippen LogP contribution >= 0.6 is 0 Å². The van der Waals surface area contributed by atoms with Gasteiger partial charge in [-0.1, -0.05) is 12.1 Å². The summed E-state index contributed by atoms with van der Waals surface area (Å²) >= 11 is 0. The summed E-state index contributed by atoms with van der Waals surface area (Å²) in [6.07, 6.45) is -1.14. The third-order valence-corrected chi connectivity index (χ3v) is 5.86. The molecule has 1 aliphatic rings. The molecule has 0 saturated carbocycles. The van der Waals surface area contributed by atoms with Crippen molar-refractivity contribution in [2.45, 2.75) is 24.9 Å². The van der Waals surface area contributed by atoms with Crippen LogP contribution in [-0.4, -0.2) is 26.1 Å². The van der Waals surface area contributed by atoms with E-state index in [0.717, 1.165) is 18.8 Å². The maximum Gasteiger partial charge on any atom is 1.00 e. The molecule has 4 rings (SSSR count). The summed E-state index contributed by atoms with van der Waals surface area (Å²) in [4.78, 5) is 22.7. The van der Waals surface area contributed by atoms with E-state index in [4.69, 9.17) is 4.42 Å². The Hall–Kier alpha value is -2.04. The van der Waals surface area contributed by atoms with Crippen molar-refractivity contribution in [2.75, 3.05) is 18.0 Å². The summed E-state index contributed by atoms with van der Waals surface area (Å²) in [6.45, 7) is 5.38. The van der Waals surface area contributed by atoms with Gasteiger partial charge in [-0.05, 0) is 38.1 Å². The predicted octanol–water partition coefficient (Wildman–Crippen LogP) is -1.50. The second-order valence-electron chi connectivity index (χ2n) is 6.56. The molecule has 0 fully saturated rings. The number of hydrogen-bond donors (Lipinski definition) is 0. The molecule has 1 aliphatic heterocycles. The molecule has 0 amide bonds. The molecular formula is C20H18N3NaO5S. The smallest absolute Gasteiger partial charge is 0.744 e. The minimum Gasteiger partial charge on any atom is -0.744 e. The largest absolute Gasteiger partial charge is 1.00 e. The standard InChI is InChI=1S/C20H19N3O5S.Na/c1-3-23(4-2)12-9-10-13-16(11-12)28-20(24)17(18(13)29(25,26)27)19-21-14-7-5-6-8-15(14)22-19;/h5-11,19H,3-4H2,1-2H3,(H,25,26,27);/q;+1/p-1. The molecule has 2 aromatic carbocycles. The molecule has 0 atom stereocenters. The van der Waals surface area contributed by atoms with E-state index in [9.17, 15) is 17.8 Å². The Kier molecular flexibility index (Phi) is 6.49. The summed E-state index contributed by atoms with van der Waals surface area (Å²) in [5.41, 5.74) is -0.503. The molecule has 0 aliphatic carbocycles. The SMILES string of the molecule is CCN(CC)c1ccc2c(S(=O)(=O)[O-])c(C3N=c4ccccc4=N3)c(=O)oc2c1.[Na+]. The predicted molar refractivity (Wildman–Crippen MR) is 106 cm³/mol. The van der Waals surface area contributed by atoms with Gasteiger partial charge in [0.05, 0.1) is 15.6 Å². The molecule has 8 nitrogen and oxygen atoms in total. The van der Waals surface area contributed by atoms with Crippen LogP contribution in [0.2, 0.25) is 0 Å². The molecule has 2 heterocycles. The number of anilines is 1. The number of hydrogen-bond acceptors (Lipinski definition) is 8. The van der Waals surface area contributed by atoms with Gasteiger partial charge in [0.1, 0.15) is 21.3 Å². The zero-order chi connectivity index (χ0) is 20.8. The molecule has 0 radical (unpaired) electrons. The van der Waals surface area contributed by atoms with Crippen molar-refractivity contribution in [1.29, 1.82) is 0 Å². The van der Waals surface area contributed by atoms with E-state index in [2.05, 4.69) is 9.98 Å². The fourth-order valence-electron chi connectivity index (χ4n) is 3.56. The zero-order valence-electron chi connectivity index (χ0n) is 16.8. The van der Waals surface area contributed by atoms with Gasteiger partial charge in [0.15, 0.2) is 6.17 Å². The first-order chi connectivity index (χ1) is 13.8. The van der Waals surface area contributed by atoms with Gasteiger partial charge in [0.2, 0.25) is 0 Å². The van der Waals surface area contributed by atoms with Crippen molar-refractivity contribution in [2.24, 2.45) is 9.98 Å². The molecule has 0 N–H and O–H groups in total. The first-order valence-electron chi connectivity index (χ1n) is 9.15. The van der Waals surface area contributed by atoms with E-state index >= 15 is 0 Å². The van der Waals surface area contributed by atoms with Crippen molar-refractivity contribution in [3.63, 3.8) is 0 Å². The van der Waals surface area contributed by atoms with E-state index in [1.54, 1.807) is 36.4 Å². The Bertz CT molecular complexity index is 1360. The monoisotopic (exact) mass is 435 g/mol. The Labute approximate surface area is 195 Å². The molecule has 0 bridgehead atoms. The molecule has 150 valence electrons. The fraction of sp³-hybridized carbons (Fsp3) is 0.250. The molecule has 10 heteroatoms. The summed E-state index contributed by atoms with van der Waals surface area (Å²) < 4.78 is 41.9. The third kappa shape index (κ3) is 3.95. The number of fused-ring (bicyclic) bond motifs is 2. The average molecular weight is 435 g/mol. The molecule has 0 saturated heterocycles. The maximum atomic E-state index is 12.8. The number of para-hydroxylation sites is 2. The molecular weight excluding hydrogens is 417 g/mol. The maximum absolute atomic E-state index is 12.8.